The number of carbonyl (C=O) groups is 3. The number of hydrogen-bond donors (Lipinski definition) is 6. The molecule has 0 saturated carbocycles. The molecule has 344 valence electrons. The molecule has 6 aromatic rings. The van der Waals surface area contributed by atoms with E-state index in [4.69, 9.17) is 19.4 Å². The number of nitrogens with zero attached hydrogens (tertiary/aromatic N) is 1. The number of likely N-dealkylation sites (N-methyl/N-ethyl adjacent to an activating group) is 1. The zero-order chi connectivity index (χ0) is 46.9. The van der Waals surface area contributed by atoms with Gasteiger partial charge in [0.05, 0.1) is 31.4 Å². The number of rotatable bonds is 12. The summed E-state index contributed by atoms with van der Waals surface area (Å²) < 4.78 is 44.4. The number of carboxylic acids is 1. The lowest BCUT2D eigenvalue weighted by atomic mass is 9.96. The highest BCUT2D eigenvalue weighted by atomic mass is 19.4. The Kier molecular flexibility index (Phi) is 12.9. The second-order valence-electron chi connectivity index (χ2n) is 17.4. The average molecular weight is 908 g/mol. The van der Waals surface area contributed by atoms with Crippen LogP contribution in [0.3, 0.4) is 0 Å². The summed E-state index contributed by atoms with van der Waals surface area (Å²) in [5.41, 5.74) is 5.71. The lowest BCUT2D eigenvalue weighted by Crippen LogP contribution is -2.60. The molecule has 6 N–H and O–H groups in total. The summed E-state index contributed by atoms with van der Waals surface area (Å²) in [7, 11) is 4.51. The second-order valence-corrected chi connectivity index (χ2v) is 17.4. The van der Waals surface area contributed by atoms with Crippen molar-refractivity contribution >= 4 is 51.0 Å². The van der Waals surface area contributed by atoms with E-state index < -0.39 is 24.3 Å². The first kappa shape index (κ1) is 45.8. The molecule has 9 rings (SSSR count). The van der Waals surface area contributed by atoms with Crippen molar-refractivity contribution in [2.45, 2.75) is 74.9 Å². The number of piperidine rings is 1. The predicted molar refractivity (Wildman–Crippen MR) is 238 cm³/mol. The molecule has 3 fully saturated rings. The number of aromatic hydroxyl groups is 1. The number of benzene rings is 5. The maximum Gasteiger partial charge on any atom is 0.430 e. The lowest BCUT2D eigenvalue weighted by Gasteiger charge is -2.45. The highest BCUT2D eigenvalue weighted by Gasteiger charge is 2.70. The summed E-state index contributed by atoms with van der Waals surface area (Å²) in [6, 6.07) is 34.5. The van der Waals surface area contributed by atoms with Crippen LogP contribution in [0.25, 0.3) is 32.8 Å². The fourth-order valence-corrected chi connectivity index (χ4v) is 9.29. The molecular formula is C49H48F3N5O9. The molecule has 1 aromatic heterocycles. The molecule has 6 atom stereocenters. The average Bonchev–Trinajstić information content (AvgIpc) is 4.05. The zero-order valence-electron chi connectivity index (χ0n) is 35.9. The molecule has 2 bridgehead atoms. The fourth-order valence-electron chi connectivity index (χ4n) is 9.29. The van der Waals surface area contributed by atoms with E-state index in [0.717, 1.165) is 50.4 Å². The van der Waals surface area contributed by atoms with E-state index in [1.54, 1.807) is 12.1 Å². The molecule has 14 nitrogen and oxygen atoms in total. The van der Waals surface area contributed by atoms with E-state index in [0.29, 0.717) is 52.9 Å². The number of fused-ring (bicyclic) bond motifs is 7. The Morgan fingerprint density at radius 1 is 0.879 bits per heavy atom. The number of carbonyl (C=O) groups excluding carboxylic acids is 3. The van der Waals surface area contributed by atoms with Crippen LogP contribution in [0.15, 0.2) is 114 Å². The molecule has 2 amide bonds. The van der Waals surface area contributed by atoms with Crippen molar-refractivity contribution in [3.05, 3.63) is 136 Å². The number of alkyl halides is 3. The minimum atomic E-state index is -5.19. The van der Waals surface area contributed by atoms with Gasteiger partial charge in [0.1, 0.15) is 42.1 Å². The molecule has 0 spiro atoms. The van der Waals surface area contributed by atoms with Crippen LogP contribution in [0.4, 0.5) is 29.3 Å². The number of amides is 2. The number of nitrogens with one attached hydrogen (secondary N) is 4. The summed E-state index contributed by atoms with van der Waals surface area (Å²) in [6.07, 6.45) is -3.82. The Bertz CT molecular complexity index is 2830. The summed E-state index contributed by atoms with van der Waals surface area (Å²) in [4.78, 5) is 49.7. The van der Waals surface area contributed by atoms with Crippen molar-refractivity contribution in [2.75, 3.05) is 31.3 Å². The molecule has 3 saturated heterocycles. The van der Waals surface area contributed by atoms with Gasteiger partial charge in [0.2, 0.25) is 11.5 Å². The number of aromatic nitrogens is 1. The van der Waals surface area contributed by atoms with Crippen LogP contribution >= 0.6 is 0 Å². The van der Waals surface area contributed by atoms with Gasteiger partial charge in [-0.3, -0.25) is 14.9 Å². The smallest absolute Gasteiger partial charge is 0.430 e. The van der Waals surface area contributed by atoms with Gasteiger partial charge in [-0.05, 0) is 75.8 Å². The second kappa shape index (κ2) is 18.6. The number of carboxylic acid groups (broad SMARTS) is 1. The third kappa shape index (κ3) is 10.2. The van der Waals surface area contributed by atoms with E-state index in [-0.39, 0.29) is 48.5 Å². The largest absolute Gasteiger partial charge is 0.542 e. The van der Waals surface area contributed by atoms with Crippen LogP contribution in [0, 0.1) is 0 Å². The van der Waals surface area contributed by atoms with E-state index in [2.05, 4.69) is 41.1 Å². The molecule has 0 aliphatic carbocycles. The van der Waals surface area contributed by atoms with Crippen LogP contribution in [-0.2, 0) is 32.0 Å². The number of aromatic amines is 1. The molecule has 0 radical (unpaired) electrons. The van der Waals surface area contributed by atoms with Gasteiger partial charge in [0.15, 0.2) is 0 Å². The molecule has 0 unspecified atom stereocenters. The summed E-state index contributed by atoms with van der Waals surface area (Å²) in [5, 5.41) is 41.8. The van der Waals surface area contributed by atoms with Crippen molar-refractivity contribution < 1.29 is 56.8 Å². The molecule has 3 aliphatic heterocycles. The first-order valence-electron chi connectivity index (χ1n) is 21.4. The maximum atomic E-state index is 13.4. The molecule has 17 heteroatoms. The lowest BCUT2D eigenvalue weighted by molar-refractivity contribution is -0.938. The number of ether oxygens (including phenoxy) is 2. The number of pyridine rings is 1. The predicted octanol–water partition coefficient (Wildman–Crippen LogP) is 6.05. The van der Waals surface area contributed by atoms with Crippen LogP contribution < -0.4 is 26.6 Å². The molecular weight excluding hydrogens is 860 g/mol. The quantitative estimate of drug-likeness (QED) is 0.0620. The zero-order valence-corrected chi connectivity index (χ0v) is 35.9. The number of aliphatic hydroxyl groups is 1. The number of morpholine rings is 1. The van der Waals surface area contributed by atoms with Crippen LogP contribution in [-0.4, -0.2) is 94.9 Å². The topological polar surface area (TPSA) is 205 Å². The Hall–Kier alpha value is -6.79. The third-order valence-corrected chi connectivity index (χ3v) is 12.7. The number of anilines is 2. The summed E-state index contributed by atoms with van der Waals surface area (Å²) in [5.74, 6) is -3.17. The Labute approximate surface area is 376 Å². The van der Waals surface area contributed by atoms with E-state index in [1.165, 1.54) is 12.1 Å². The van der Waals surface area contributed by atoms with Gasteiger partial charge in [0, 0.05) is 55.1 Å². The van der Waals surface area contributed by atoms with Crippen LogP contribution in [0.2, 0.25) is 0 Å². The van der Waals surface area contributed by atoms with Crippen LogP contribution in [0.5, 0.6) is 5.75 Å². The number of epoxide rings is 1. The van der Waals surface area contributed by atoms with Gasteiger partial charge < -0.3 is 49.7 Å². The number of quaternary nitrogens is 1. The van der Waals surface area contributed by atoms with Crippen LogP contribution in [0.1, 0.15) is 42.1 Å². The van der Waals surface area contributed by atoms with Gasteiger partial charge in [-0.15, -0.1) is 0 Å². The number of hydrogen-bond acceptors (Lipinski definition) is 10. The monoisotopic (exact) mass is 907 g/mol. The highest BCUT2D eigenvalue weighted by Crippen LogP contribution is 2.51. The molecule has 66 heavy (non-hydrogen) atoms. The molecule has 3 aliphatic rings. The minimum absolute atomic E-state index is 0.0500. The van der Waals surface area contributed by atoms with Gasteiger partial charge in [-0.1, -0.05) is 66.7 Å². The third-order valence-electron chi connectivity index (χ3n) is 12.7. The summed E-state index contributed by atoms with van der Waals surface area (Å²) in [6.45, 7) is 0.777. The van der Waals surface area contributed by atoms with Crippen molar-refractivity contribution in [1.82, 2.24) is 10.3 Å². The first-order valence-corrected chi connectivity index (χ1v) is 21.4. The van der Waals surface area contributed by atoms with Gasteiger partial charge in [0.25, 0.3) is 0 Å². The van der Waals surface area contributed by atoms with E-state index in [1.807, 2.05) is 78.9 Å². The van der Waals surface area contributed by atoms with E-state index in [9.17, 15) is 37.8 Å². The van der Waals surface area contributed by atoms with Crippen molar-refractivity contribution in [1.29, 1.82) is 0 Å². The van der Waals surface area contributed by atoms with Crippen molar-refractivity contribution in [3.8, 4) is 16.9 Å². The van der Waals surface area contributed by atoms with E-state index >= 15 is 0 Å². The van der Waals surface area contributed by atoms with Crippen molar-refractivity contribution in [3.63, 3.8) is 0 Å². The molecule has 4 heterocycles. The maximum absolute atomic E-state index is 13.4. The standard InChI is InChI=1S/C47H47N5O7.C2HF3O2/c1-52(2)38-23-33(24-39(52)46-45(38)59-46)58-47(57)50-37-21-27(9-14-34(37)29-6-4-3-5-7-29)10-18-42(55)49-32-13-12-30-20-28(8-11-31(30)22-32)25-48-26-41(54)35-15-17-40(53)44-36(35)16-19-43(56)51-44;3-2(4,5)1(6)7/h3-9,11-17,19-22,33,38-39,41,45-46,48,54H,10,18,23-26H2,1-2H3,(H3-,49,50,51,53,55,56,57);(H,6,7)/t33-,38-,39+,41-,45-,46+;/m0./s1. The highest BCUT2D eigenvalue weighted by molar-refractivity contribution is 5.95. The number of aliphatic carboxylic acids is 1. The number of phenols is 1. The number of halogens is 3. The Morgan fingerprint density at radius 3 is 2.27 bits per heavy atom. The number of aliphatic hydroxyl groups excluding tert-OH is 1. The Morgan fingerprint density at radius 2 is 1.56 bits per heavy atom. The van der Waals surface area contributed by atoms with Gasteiger partial charge in [-0.25, -0.2) is 4.79 Å². The molecule has 5 aromatic carbocycles. The number of phenolic OH excluding ortho intramolecular Hbond substituents is 1. The van der Waals surface area contributed by atoms with Crippen molar-refractivity contribution in [2.24, 2.45) is 0 Å². The summed E-state index contributed by atoms with van der Waals surface area (Å²) >= 11 is 0. The first-order chi connectivity index (χ1) is 31.4. The minimum Gasteiger partial charge on any atom is -0.542 e. The van der Waals surface area contributed by atoms with Gasteiger partial charge >= 0.3 is 12.3 Å². The van der Waals surface area contributed by atoms with Gasteiger partial charge in [-0.2, -0.15) is 13.2 Å². The Balaban J connectivity index is 0.000000785. The fraction of sp³-hybridized carbons (Fsp3) is 0.306. The number of aryl methyl sites for hydroxylation is 1. The number of H-pyrrole nitrogens is 1. The SMILES string of the molecule is C[N+]1(C)[C@@H]2C[C@@H](OC(=O)Nc3cc(CCC(=O)Nc4ccc5cc(CNC[C@H](O)c6ccc(O)c7[nH]c(=O)ccc67)ccc5c4)ccc3-c3ccccc3)C[C@H]1[C@@H]1O[C@@H]12.O=C([O-])C(F)(F)F. The normalized spacial score (nSPS) is 20.7.